The Morgan fingerprint density at radius 3 is 2.32 bits per heavy atom. The summed E-state index contributed by atoms with van der Waals surface area (Å²) < 4.78 is 10.4. The van der Waals surface area contributed by atoms with E-state index in [2.05, 4.69) is 10.6 Å². The van der Waals surface area contributed by atoms with Crippen molar-refractivity contribution in [2.75, 3.05) is 20.3 Å². The van der Waals surface area contributed by atoms with Gasteiger partial charge in [0.25, 0.3) is 5.91 Å². The van der Waals surface area contributed by atoms with E-state index >= 15 is 0 Å². The van der Waals surface area contributed by atoms with Crippen LogP contribution < -0.4 is 20.1 Å². The second kappa shape index (κ2) is 9.54. The summed E-state index contributed by atoms with van der Waals surface area (Å²) in [5.74, 6) is 0.549. The van der Waals surface area contributed by atoms with Crippen LogP contribution in [0.15, 0.2) is 48.5 Å². The lowest BCUT2D eigenvalue weighted by Crippen LogP contribution is -2.38. The van der Waals surface area contributed by atoms with Crippen LogP contribution in [0, 0.1) is 0 Å². The highest BCUT2D eigenvalue weighted by atomic mass is 35.5. The van der Waals surface area contributed by atoms with Gasteiger partial charge in [0.15, 0.2) is 6.61 Å². The number of nitrogens with one attached hydrogen (secondary N) is 2. The van der Waals surface area contributed by atoms with E-state index in [-0.39, 0.29) is 25.0 Å². The standard InChI is InChI=1S/C18H19ClN2O4/c1-24-14-6-8-15(9-7-14)25-12-18(23)21-11-17(22)20-10-13-4-2-3-5-16(13)19/h2-9H,10-12H2,1H3,(H,20,22)(H,21,23). The molecule has 0 aliphatic carbocycles. The van der Waals surface area contributed by atoms with E-state index in [1.54, 1.807) is 37.4 Å². The highest BCUT2D eigenvalue weighted by Crippen LogP contribution is 2.16. The second-order valence-electron chi connectivity index (χ2n) is 5.11. The van der Waals surface area contributed by atoms with E-state index in [1.807, 2.05) is 18.2 Å². The number of hydrogen-bond acceptors (Lipinski definition) is 4. The molecule has 7 heteroatoms. The van der Waals surface area contributed by atoms with E-state index in [0.29, 0.717) is 23.1 Å². The predicted molar refractivity (Wildman–Crippen MR) is 94.8 cm³/mol. The topological polar surface area (TPSA) is 76.7 Å². The fourth-order valence-electron chi connectivity index (χ4n) is 1.95. The molecule has 132 valence electrons. The molecule has 0 bridgehead atoms. The van der Waals surface area contributed by atoms with Gasteiger partial charge in [-0.1, -0.05) is 29.8 Å². The van der Waals surface area contributed by atoms with Gasteiger partial charge in [0.1, 0.15) is 11.5 Å². The van der Waals surface area contributed by atoms with E-state index in [4.69, 9.17) is 21.1 Å². The Bertz CT molecular complexity index is 719. The zero-order valence-corrected chi connectivity index (χ0v) is 14.5. The minimum Gasteiger partial charge on any atom is -0.497 e. The zero-order valence-electron chi connectivity index (χ0n) is 13.8. The Morgan fingerprint density at radius 1 is 0.960 bits per heavy atom. The van der Waals surface area contributed by atoms with Crippen LogP contribution in [-0.4, -0.2) is 32.1 Å². The van der Waals surface area contributed by atoms with Crippen LogP contribution in [0.1, 0.15) is 5.56 Å². The molecule has 2 aromatic rings. The lowest BCUT2D eigenvalue weighted by molar-refractivity contribution is -0.127. The first kappa shape index (κ1) is 18.6. The summed E-state index contributed by atoms with van der Waals surface area (Å²) in [4.78, 5) is 23.5. The SMILES string of the molecule is COc1ccc(OCC(=O)NCC(=O)NCc2ccccc2Cl)cc1. The number of halogens is 1. The van der Waals surface area contributed by atoms with Crippen LogP contribution in [-0.2, 0) is 16.1 Å². The first-order valence-corrected chi connectivity index (χ1v) is 8.00. The fourth-order valence-corrected chi connectivity index (χ4v) is 2.15. The molecule has 0 aliphatic rings. The molecule has 2 amide bonds. The second-order valence-corrected chi connectivity index (χ2v) is 5.52. The van der Waals surface area contributed by atoms with Crippen LogP contribution in [0.4, 0.5) is 0 Å². The summed E-state index contributed by atoms with van der Waals surface area (Å²) in [6, 6.07) is 14.1. The summed E-state index contributed by atoms with van der Waals surface area (Å²) in [7, 11) is 1.57. The van der Waals surface area contributed by atoms with Gasteiger partial charge in [-0.05, 0) is 35.9 Å². The average Bonchev–Trinajstić information content (AvgIpc) is 2.64. The molecule has 0 aromatic heterocycles. The molecule has 0 saturated heterocycles. The number of methoxy groups -OCH3 is 1. The molecule has 0 aliphatic heterocycles. The Balaban J connectivity index is 1.66. The number of benzene rings is 2. The summed E-state index contributed by atoms with van der Waals surface area (Å²) in [6.07, 6.45) is 0. The minimum absolute atomic E-state index is 0.130. The molecule has 25 heavy (non-hydrogen) atoms. The quantitative estimate of drug-likeness (QED) is 0.754. The van der Waals surface area contributed by atoms with Crippen molar-refractivity contribution in [2.45, 2.75) is 6.54 Å². The molecular weight excluding hydrogens is 344 g/mol. The third-order valence-corrected chi connectivity index (χ3v) is 3.68. The number of rotatable bonds is 8. The number of carbonyl (C=O) groups excluding carboxylic acids is 2. The van der Waals surface area contributed by atoms with Gasteiger partial charge in [-0.2, -0.15) is 0 Å². The van der Waals surface area contributed by atoms with E-state index in [1.165, 1.54) is 0 Å². The van der Waals surface area contributed by atoms with Gasteiger partial charge in [0.05, 0.1) is 13.7 Å². The van der Waals surface area contributed by atoms with Gasteiger partial charge < -0.3 is 20.1 Å². The highest BCUT2D eigenvalue weighted by Gasteiger charge is 2.07. The van der Waals surface area contributed by atoms with Gasteiger partial charge in [-0.15, -0.1) is 0 Å². The number of ether oxygens (including phenoxy) is 2. The van der Waals surface area contributed by atoms with E-state index < -0.39 is 0 Å². The molecular formula is C18H19ClN2O4. The normalized spacial score (nSPS) is 10.0. The molecule has 0 saturated carbocycles. The number of hydrogen-bond donors (Lipinski definition) is 2. The maximum Gasteiger partial charge on any atom is 0.258 e. The van der Waals surface area contributed by atoms with Crippen molar-refractivity contribution in [2.24, 2.45) is 0 Å². The first-order valence-electron chi connectivity index (χ1n) is 7.62. The fraction of sp³-hybridized carbons (Fsp3) is 0.222. The molecule has 0 atom stereocenters. The molecule has 0 radical (unpaired) electrons. The molecule has 2 N–H and O–H groups in total. The maximum atomic E-state index is 11.8. The van der Waals surface area contributed by atoms with Gasteiger partial charge in [-0.25, -0.2) is 0 Å². The maximum absolute atomic E-state index is 11.8. The lowest BCUT2D eigenvalue weighted by Gasteiger charge is -2.09. The largest absolute Gasteiger partial charge is 0.497 e. The van der Waals surface area contributed by atoms with E-state index in [9.17, 15) is 9.59 Å². The zero-order chi connectivity index (χ0) is 18.1. The van der Waals surface area contributed by atoms with Crippen molar-refractivity contribution in [3.05, 3.63) is 59.1 Å². The predicted octanol–water partition coefficient (Wildman–Crippen LogP) is 2.16. The van der Waals surface area contributed by atoms with E-state index in [0.717, 1.165) is 5.56 Å². The molecule has 0 heterocycles. The molecule has 0 spiro atoms. The van der Waals surface area contributed by atoms with Gasteiger partial charge >= 0.3 is 0 Å². The number of carbonyl (C=O) groups is 2. The first-order chi connectivity index (χ1) is 12.1. The lowest BCUT2D eigenvalue weighted by atomic mass is 10.2. The van der Waals surface area contributed by atoms with Crippen molar-refractivity contribution >= 4 is 23.4 Å². The molecule has 0 unspecified atom stereocenters. The summed E-state index contributed by atoms with van der Waals surface area (Å²) in [5.41, 5.74) is 0.812. The van der Waals surface area contributed by atoms with Crippen molar-refractivity contribution < 1.29 is 19.1 Å². The molecule has 6 nitrogen and oxygen atoms in total. The third kappa shape index (κ3) is 6.35. The number of amides is 2. The molecule has 2 aromatic carbocycles. The van der Waals surface area contributed by atoms with Crippen molar-refractivity contribution in [3.8, 4) is 11.5 Å². The monoisotopic (exact) mass is 362 g/mol. The Hall–Kier alpha value is -2.73. The molecule has 0 fully saturated rings. The highest BCUT2D eigenvalue weighted by molar-refractivity contribution is 6.31. The van der Waals surface area contributed by atoms with Gasteiger partial charge in [-0.3, -0.25) is 9.59 Å². The summed E-state index contributed by atoms with van der Waals surface area (Å²) >= 11 is 6.01. The van der Waals surface area contributed by atoms with Gasteiger partial charge in [0.2, 0.25) is 5.91 Å². The van der Waals surface area contributed by atoms with Crippen molar-refractivity contribution in [1.29, 1.82) is 0 Å². The van der Waals surface area contributed by atoms with Gasteiger partial charge in [0, 0.05) is 11.6 Å². The Kier molecular flexibility index (Phi) is 7.10. The Morgan fingerprint density at radius 2 is 1.64 bits per heavy atom. The Labute approximate surface area is 151 Å². The van der Waals surface area contributed by atoms with Crippen LogP contribution >= 0.6 is 11.6 Å². The van der Waals surface area contributed by atoms with Crippen LogP contribution in [0.3, 0.4) is 0 Å². The van der Waals surface area contributed by atoms with Crippen LogP contribution in [0.25, 0.3) is 0 Å². The van der Waals surface area contributed by atoms with Crippen molar-refractivity contribution in [3.63, 3.8) is 0 Å². The summed E-state index contributed by atoms with van der Waals surface area (Å²) in [5, 5.41) is 5.76. The van der Waals surface area contributed by atoms with Crippen molar-refractivity contribution in [1.82, 2.24) is 10.6 Å². The smallest absolute Gasteiger partial charge is 0.258 e. The minimum atomic E-state index is -0.385. The van der Waals surface area contributed by atoms with Crippen LogP contribution in [0.5, 0.6) is 11.5 Å². The van der Waals surface area contributed by atoms with Crippen LogP contribution in [0.2, 0.25) is 5.02 Å². The molecule has 2 rings (SSSR count). The summed E-state index contributed by atoms with van der Waals surface area (Å²) in [6.45, 7) is -0.00386. The third-order valence-electron chi connectivity index (χ3n) is 3.31. The average molecular weight is 363 g/mol.